The molecule has 1 aromatic carbocycles. The van der Waals surface area contributed by atoms with E-state index >= 15 is 0 Å². The molecule has 4 aliphatic rings. The molecule has 0 radical (unpaired) electrons. The first-order valence-electron chi connectivity index (χ1n) is 11.2. The van der Waals surface area contributed by atoms with E-state index in [1.807, 2.05) is 0 Å². The number of fused-ring (bicyclic) bond motifs is 6. The number of benzene rings is 1. The van der Waals surface area contributed by atoms with Crippen molar-refractivity contribution >= 4 is 5.78 Å². The van der Waals surface area contributed by atoms with Crippen LogP contribution in [-0.2, 0) is 20.7 Å². The number of ketones is 1. The molecule has 3 unspecified atom stereocenters. The number of carbonyl (C=O) groups is 1. The Morgan fingerprint density at radius 3 is 2.61 bits per heavy atom. The predicted octanol–water partition coefficient (Wildman–Crippen LogP) is 5.19. The van der Waals surface area contributed by atoms with Crippen molar-refractivity contribution in [1.29, 1.82) is 0 Å². The summed E-state index contributed by atoms with van der Waals surface area (Å²) in [7, 11) is 0. The van der Waals surface area contributed by atoms with Gasteiger partial charge < -0.3 is 9.47 Å². The first-order chi connectivity index (χ1) is 13.3. The van der Waals surface area contributed by atoms with Crippen LogP contribution in [0.5, 0.6) is 0 Å². The minimum absolute atomic E-state index is 0.0567. The molecule has 2 saturated carbocycles. The largest absolute Gasteiger partial charge is 0.349 e. The summed E-state index contributed by atoms with van der Waals surface area (Å²) in [6.07, 6.45) is 5.88. The van der Waals surface area contributed by atoms with E-state index in [0.717, 1.165) is 45.3 Å². The normalized spacial score (nSPS) is 38.0. The average molecular weight is 383 g/mol. The summed E-state index contributed by atoms with van der Waals surface area (Å²) in [4.78, 5) is 13.6. The molecule has 28 heavy (non-hydrogen) atoms. The topological polar surface area (TPSA) is 35.5 Å². The Balaban J connectivity index is 1.53. The van der Waals surface area contributed by atoms with E-state index < -0.39 is 5.79 Å². The highest BCUT2D eigenvalue weighted by Crippen LogP contribution is 2.67. The lowest BCUT2D eigenvalue weighted by atomic mass is 9.52. The molecule has 1 aliphatic heterocycles. The SMILES string of the molecule is CC[C@]12CC(=O)C3c4ccc(C)cc4CCC3C1CCC21OCC(C)(C)CO1. The Morgan fingerprint density at radius 2 is 1.89 bits per heavy atom. The molecule has 3 heteroatoms. The molecule has 3 fully saturated rings. The van der Waals surface area contributed by atoms with Gasteiger partial charge in [0.25, 0.3) is 0 Å². The van der Waals surface area contributed by atoms with Gasteiger partial charge in [-0.2, -0.15) is 0 Å². The molecule has 3 nitrogen and oxygen atoms in total. The number of rotatable bonds is 1. The van der Waals surface area contributed by atoms with Crippen LogP contribution >= 0.6 is 0 Å². The van der Waals surface area contributed by atoms with Crippen LogP contribution in [0.2, 0.25) is 0 Å². The van der Waals surface area contributed by atoms with Gasteiger partial charge in [0.2, 0.25) is 0 Å². The van der Waals surface area contributed by atoms with E-state index in [4.69, 9.17) is 9.47 Å². The summed E-state index contributed by atoms with van der Waals surface area (Å²) in [5.74, 6) is 0.931. The van der Waals surface area contributed by atoms with E-state index in [2.05, 4.69) is 45.9 Å². The molecule has 0 amide bonds. The molecular formula is C25H34O3. The third kappa shape index (κ3) is 2.45. The van der Waals surface area contributed by atoms with Gasteiger partial charge in [-0.1, -0.05) is 44.5 Å². The lowest BCUT2D eigenvalue weighted by Crippen LogP contribution is -2.60. The van der Waals surface area contributed by atoms with Crippen LogP contribution in [0.1, 0.15) is 75.5 Å². The Kier molecular flexibility index (Phi) is 4.13. The molecule has 0 bridgehead atoms. The monoisotopic (exact) mass is 382 g/mol. The van der Waals surface area contributed by atoms with Crippen molar-refractivity contribution in [3.8, 4) is 0 Å². The van der Waals surface area contributed by atoms with Crippen molar-refractivity contribution in [1.82, 2.24) is 0 Å². The van der Waals surface area contributed by atoms with Crippen molar-refractivity contribution in [3.63, 3.8) is 0 Å². The van der Waals surface area contributed by atoms with E-state index in [9.17, 15) is 4.79 Å². The quantitative estimate of drug-likeness (QED) is 0.670. The van der Waals surface area contributed by atoms with Crippen LogP contribution in [0.3, 0.4) is 0 Å². The zero-order valence-corrected chi connectivity index (χ0v) is 17.8. The third-order valence-electron chi connectivity index (χ3n) is 8.44. The molecule has 1 heterocycles. The fraction of sp³-hybridized carbons (Fsp3) is 0.720. The predicted molar refractivity (Wildman–Crippen MR) is 109 cm³/mol. The van der Waals surface area contributed by atoms with Gasteiger partial charge >= 0.3 is 0 Å². The van der Waals surface area contributed by atoms with Gasteiger partial charge in [0.05, 0.1) is 13.2 Å². The van der Waals surface area contributed by atoms with Gasteiger partial charge in [-0.05, 0) is 55.6 Å². The van der Waals surface area contributed by atoms with Crippen LogP contribution in [0.25, 0.3) is 0 Å². The molecule has 4 atom stereocenters. The fourth-order valence-electron chi connectivity index (χ4n) is 7.08. The van der Waals surface area contributed by atoms with Gasteiger partial charge in [0.1, 0.15) is 5.78 Å². The zero-order valence-electron chi connectivity index (χ0n) is 17.8. The molecule has 0 N–H and O–H groups in total. The second-order valence-electron chi connectivity index (χ2n) is 10.7. The van der Waals surface area contributed by atoms with Crippen molar-refractivity contribution in [2.45, 2.75) is 77.9 Å². The number of ether oxygens (including phenoxy) is 2. The van der Waals surface area contributed by atoms with Gasteiger partial charge in [-0.25, -0.2) is 0 Å². The zero-order chi connectivity index (χ0) is 19.7. The third-order valence-corrected chi connectivity index (χ3v) is 8.44. The first-order valence-corrected chi connectivity index (χ1v) is 11.2. The van der Waals surface area contributed by atoms with Gasteiger partial charge in [0.15, 0.2) is 5.79 Å². The van der Waals surface area contributed by atoms with Gasteiger partial charge in [0, 0.05) is 29.6 Å². The number of hydrogen-bond acceptors (Lipinski definition) is 3. The van der Waals surface area contributed by atoms with Crippen LogP contribution in [0.4, 0.5) is 0 Å². The Morgan fingerprint density at radius 1 is 1.14 bits per heavy atom. The number of aryl methyl sites for hydroxylation is 2. The molecule has 152 valence electrons. The van der Waals surface area contributed by atoms with Crippen LogP contribution in [0.15, 0.2) is 18.2 Å². The van der Waals surface area contributed by atoms with E-state index in [-0.39, 0.29) is 16.7 Å². The Hall–Kier alpha value is -1.19. The van der Waals surface area contributed by atoms with Gasteiger partial charge in [-0.3, -0.25) is 4.79 Å². The fourth-order valence-corrected chi connectivity index (χ4v) is 7.08. The van der Waals surface area contributed by atoms with Crippen molar-refractivity contribution in [2.24, 2.45) is 22.7 Å². The minimum Gasteiger partial charge on any atom is -0.349 e. The van der Waals surface area contributed by atoms with Crippen molar-refractivity contribution in [3.05, 3.63) is 34.9 Å². The number of hydrogen-bond donors (Lipinski definition) is 0. The summed E-state index contributed by atoms with van der Waals surface area (Å²) in [6.45, 7) is 10.3. The summed E-state index contributed by atoms with van der Waals surface area (Å²) < 4.78 is 13.1. The second kappa shape index (κ2) is 6.15. The van der Waals surface area contributed by atoms with Crippen molar-refractivity contribution in [2.75, 3.05) is 13.2 Å². The minimum atomic E-state index is -0.546. The van der Waals surface area contributed by atoms with Crippen LogP contribution in [0, 0.1) is 29.6 Å². The first kappa shape index (κ1) is 18.8. The maximum absolute atomic E-state index is 13.6. The smallest absolute Gasteiger partial charge is 0.174 e. The molecule has 3 aliphatic carbocycles. The summed E-state index contributed by atoms with van der Waals surface area (Å²) in [5, 5.41) is 0. The van der Waals surface area contributed by atoms with Crippen LogP contribution < -0.4 is 0 Å². The Bertz CT molecular complexity index is 800. The van der Waals surface area contributed by atoms with E-state index in [1.165, 1.54) is 16.7 Å². The lowest BCUT2D eigenvalue weighted by molar-refractivity contribution is -0.346. The highest BCUT2D eigenvalue weighted by atomic mass is 16.7. The second-order valence-corrected chi connectivity index (χ2v) is 10.7. The number of carbonyl (C=O) groups excluding carboxylic acids is 1. The maximum Gasteiger partial charge on any atom is 0.174 e. The summed E-state index contributed by atoms with van der Waals surface area (Å²) in [6, 6.07) is 6.72. The summed E-state index contributed by atoms with van der Waals surface area (Å²) >= 11 is 0. The maximum atomic E-state index is 13.6. The lowest BCUT2D eigenvalue weighted by Gasteiger charge is -2.56. The molecular weight excluding hydrogens is 348 g/mol. The van der Waals surface area contributed by atoms with Gasteiger partial charge in [-0.15, -0.1) is 0 Å². The highest BCUT2D eigenvalue weighted by molar-refractivity contribution is 5.88. The average Bonchev–Trinajstić information content (AvgIpc) is 2.98. The molecule has 5 rings (SSSR count). The molecule has 1 aromatic rings. The molecule has 1 spiro atoms. The van der Waals surface area contributed by atoms with Crippen LogP contribution in [-0.4, -0.2) is 24.8 Å². The Labute approximate surface area is 169 Å². The molecule has 0 aromatic heterocycles. The van der Waals surface area contributed by atoms with E-state index in [1.54, 1.807) is 0 Å². The standard InChI is InChI=1S/C25H34O3/c1-5-24-13-21(26)22-18-8-6-16(2)12-17(18)7-9-19(22)20(24)10-11-25(24)27-14-23(3,4)15-28-25/h6,8,12,19-20,22H,5,7,9-11,13-15H2,1-4H3/t19?,20?,22?,24-/m0/s1. The van der Waals surface area contributed by atoms with E-state index in [0.29, 0.717) is 24.0 Å². The van der Waals surface area contributed by atoms with Crippen molar-refractivity contribution < 1.29 is 14.3 Å². The highest BCUT2D eigenvalue weighted by Gasteiger charge is 2.68. The summed E-state index contributed by atoms with van der Waals surface area (Å²) in [5.41, 5.74) is 3.92. The molecule has 1 saturated heterocycles. The number of Topliss-reactive ketones (excluding diaryl/α,β-unsaturated/α-hetero) is 1.